The van der Waals surface area contributed by atoms with Crippen LogP contribution >= 0.6 is 0 Å². The van der Waals surface area contributed by atoms with Gasteiger partial charge in [-0.3, -0.25) is 0 Å². The van der Waals surface area contributed by atoms with Crippen LogP contribution in [0.4, 0.5) is 0 Å². The maximum Gasteiger partial charge on any atom is 0.0612 e. The molecule has 284 valence electrons. The predicted octanol–water partition coefficient (Wildman–Crippen LogP) is 13.5. The van der Waals surface area contributed by atoms with Gasteiger partial charge < -0.3 is 14.2 Å². The summed E-state index contributed by atoms with van der Waals surface area (Å²) < 4.78 is 18.1. The Morgan fingerprint density at radius 3 is 2.20 bits per heavy atom. The van der Waals surface area contributed by atoms with Gasteiger partial charge in [-0.1, -0.05) is 110 Å². The van der Waals surface area contributed by atoms with Crippen LogP contribution in [0.3, 0.4) is 0 Å². The molecule has 0 saturated heterocycles. The van der Waals surface area contributed by atoms with Crippen molar-refractivity contribution in [2.24, 2.45) is 40.4 Å². The fraction of sp³-hybridized carbons (Fsp3) is 0.913. The Labute approximate surface area is 305 Å². The van der Waals surface area contributed by atoms with Crippen molar-refractivity contribution < 1.29 is 14.2 Å². The van der Waals surface area contributed by atoms with E-state index in [9.17, 15) is 0 Å². The Bertz CT molecular complexity index is 939. The van der Waals surface area contributed by atoms with Gasteiger partial charge in [-0.15, -0.1) is 0 Å². The Hall–Kier alpha value is -0.640. The highest BCUT2D eigenvalue weighted by Gasteiger charge is 2.58. The summed E-state index contributed by atoms with van der Waals surface area (Å²) in [6, 6.07) is 0. The van der Waals surface area contributed by atoms with Crippen molar-refractivity contribution in [3.8, 4) is 0 Å². The molecule has 4 rings (SSSR count). The average Bonchev–Trinajstić information content (AvgIpc) is 3.43. The quantitative estimate of drug-likeness (QED) is 0.0671. The number of hydrogen-bond acceptors (Lipinski definition) is 3. The summed E-state index contributed by atoms with van der Waals surface area (Å²) in [7, 11) is 0. The number of fused-ring (bicyclic) bond motifs is 5. The number of ether oxygens (including phenoxy) is 3. The smallest absolute Gasteiger partial charge is 0.0612 e. The van der Waals surface area contributed by atoms with Gasteiger partial charge in [0.15, 0.2) is 0 Å². The topological polar surface area (TPSA) is 27.7 Å². The van der Waals surface area contributed by atoms with Crippen molar-refractivity contribution in [3.05, 3.63) is 23.8 Å². The highest BCUT2D eigenvalue weighted by Crippen LogP contribution is 2.66. The molecule has 0 bridgehead atoms. The minimum Gasteiger partial charge on any atom is -0.381 e. The summed E-state index contributed by atoms with van der Waals surface area (Å²) in [4.78, 5) is 0. The molecule has 0 heterocycles. The van der Waals surface area contributed by atoms with Gasteiger partial charge in [0, 0.05) is 33.0 Å². The molecule has 0 aliphatic heterocycles. The predicted molar refractivity (Wildman–Crippen MR) is 210 cm³/mol. The van der Waals surface area contributed by atoms with E-state index in [1.165, 1.54) is 135 Å². The second-order valence-corrected chi connectivity index (χ2v) is 17.9. The van der Waals surface area contributed by atoms with Crippen LogP contribution in [-0.4, -0.2) is 39.1 Å². The van der Waals surface area contributed by atoms with Crippen molar-refractivity contribution in [3.63, 3.8) is 0 Å². The van der Waals surface area contributed by atoms with Crippen LogP contribution in [0.25, 0.3) is 0 Å². The first-order valence-electron chi connectivity index (χ1n) is 22.0. The average molecular weight is 683 g/mol. The molecule has 7 atom stereocenters. The van der Waals surface area contributed by atoms with E-state index in [-0.39, 0.29) is 0 Å². The summed E-state index contributed by atoms with van der Waals surface area (Å²) >= 11 is 0. The van der Waals surface area contributed by atoms with Crippen molar-refractivity contribution in [2.45, 2.75) is 195 Å². The van der Waals surface area contributed by atoms with E-state index in [0.29, 0.717) is 16.9 Å². The van der Waals surface area contributed by atoms with Gasteiger partial charge in [0.2, 0.25) is 0 Å². The minimum atomic E-state index is 0.444. The van der Waals surface area contributed by atoms with Crippen molar-refractivity contribution in [1.82, 2.24) is 0 Å². The van der Waals surface area contributed by atoms with E-state index in [4.69, 9.17) is 14.2 Å². The zero-order valence-corrected chi connectivity index (χ0v) is 33.4. The summed E-state index contributed by atoms with van der Waals surface area (Å²) in [5.74, 6) is 4.69. The Morgan fingerprint density at radius 2 is 1.43 bits per heavy atom. The first kappa shape index (κ1) is 41.1. The monoisotopic (exact) mass is 683 g/mol. The Morgan fingerprint density at radius 1 is 0.714 bits per heavy atom. The Balaban J connectivity index is 0.996. The van der Waals surface area contributed by atoms with E-state index >= 15 is 0 Å². The molecule has 0 radical (unpaired) electrons. The number of unbranched alkanes of at least 4 members (excludes halogenated alkanes) is 9. The molecule has 3 saturated carbocycles. The highest BCUT2D eigenvalue weighted by atomic mass is 16.5. The zero-order valence-electron chi connectivity index (χ0n) is 33.4. The molecule has 3 heteroatoms. The summed E-state index contributed by atoms with van der Waals surface area (Å²) in [6.07, 6.45) is 39.7. The van der Waals surface area contributed by atoms with Gasteiger partial charge in [-0.25, -0.2) is 0 Å². The third kappa shape index (κ3) is 12.8. The second kappa shape index (κ2) is 22.4. The first-order valence-corrected chi connectivity index (χ1v) is 22.0. The lowest BCUT2D eigenvalue weighted by atomic mass is 9.47. The number of hydrogen-bond donors (Lipinski definition) is 0. The van der Waals surface area contributed by atoms with Crippen LogP contribution in [0.1, 0.15) is 189 Å². The molecule has 0 aromatic rings. The lowest BCUT2D eigenvalue weighted by Gasteiger charge is -2.58. The Kier molecular flexibility index (Phi) is 18.8. The van der Waals surface area contributed by atoms with Gasteiger partial charge in [0.05, 0.1) is 6.10 Å². The van der Waals surface area contributed by atoms with Crippen LogP contribution in [0.2, 0.25) is 0 Å². The molecular formula is C46H82O3. The fourth-order valence-corrected chi connectivity index (χ4v) is 10.9. The van der Waals surface area contributed by atoms with Gasteiger partial charge in [-0.05, 0) is 143 Å². The molecule has 3 nitrogen and oxygen atoms in total. The molecule has 0 spiro atoms. The molecule has 4 aliphatic carbocycles. The van der Waals surface area contributed by atoms with Gasteiger partial charge >= 0.3 is 0 Å². The molecule has 0 aromatic carbocycles. The maximum absolute atomic E-state index is 6.53. The van der Waals surface area contributed by atoms with Gasteiger partial charge in [-0.2, -0.15) is 0 Å². The van der Waals surface area contributed by atoms with Crippen molar-refractivity contribution in [2.75, 3.05) is 33.0 Å². The first-order chi connectivity index (χ1) is 23.9. The number of allylic oxidation sites excluding steroid dienone is 3. The largest absolute Gasteiger partial charge is 0.381 e. The van der Waals surface area contributed by atoms with E-state index in [1.807, 2.05) is 0 Å². The molecule has 0 amide bonds. The number of rotatable bonds is 26. The molecule has 4 aliphatic rings. The molecule has 0 aromatic heterocycles. The third-order valence-electron chi connectivity index (χ3n) is 14.0. The maximum atomic E-state index is 6.53. The summed E-state index contributed by atoms with van der Waals surface area (Å²) in [5.41, 5.74) is 2.84. The van der Waals surface area contributed by atoms with Crippen LogP contribution in [-0.2, 0) is 14.2 Å². The zero-order chi connectivity index (χ0) is 34.8. The van der Waals surface area contributed by atoms with E-state index in [1.54, 1.807) is 5.57 Å². The van der Waals surface area contributed by atoms with Gasteiger partial charge in [0.1, 0.15) is 0 Å². The molecule has 0 N–H and O–H groups in total. The third-order valence-corrected chi connectivity index (χ3v) is 14.0. The highest BCUT2D eigenvalue weighted by molar-refractivity contribution is 5.25. The molecule has 3 fully saturated rings. The standard InChI is InChI=1S/C46H82O3/c1-6-7-8-9-10-11-13-18-32-47-34-21-35-48-33-19-14-12-15-20-36-49-41-28-30-46(5)40(37-41)24-26-42-43-27-25-39(23-17-16-22-38(2)3)45(43,4)31-29-44(42)46/h10-11,24,38-39,41-44H,6-9,12-23,25-37H2,1-5H3. The van der Waals surface area contributed by atoms with Gasteiger partial charge in [0.25, 0.3) is 0 Å². The molecule has 49 heavy (non-hydrogen) atoms. The van der Waals surface area contributed by atoms with Crippen LogP contribution < -0.4 is 0 Å². The fourth-order valence-electron chi connectivity index (χ4n) is 10.9. The second-order valence-electron chi connectivity index (χ2n) is 17.9. The lowest BCUT2D eigenvalue weighted by molar-refractivity contribution is -0.0589. The van der Waals surface area contributed by atoms with Crippen LogP contribution in [0, 0.1) is 40.4 Å². The van der Waals surface area contributed by atoms with Crippen molar-refractivity contribution >= 4 is 0 Å². The van der Waals surface area contributed by atoms with E-state index < -0.39 is 0 Å². The summed E-state index contributed by atoms with van der Waals surface area (Å²) in [6.45, 7) is 16.8. The van der Waals surface area contributed by atoms with Crippen LogP contribution in [0.5, 0.6) is 0 Å². The lowest BCUT2D eigenvalue weighted by Crippen LogP contribution is -2.50. The van der Waals surface area contributed by atoms with E-state index in [2.05, 4.69) is 52.8 Å². The van der Waals surface area contributed by atoms with Crippen LogP contribution in [0.15, 0.2) is 23.8 Å². The molecular weight excluding hydrogens is 601 g/mol. The molecule has 7 unspecified atom stereocenters. The normalized spacial score (nSPS) is 31.2. The SMILES string of the molecule is CCCCCC=CCCCOCCCOCCCCCCCOC1CCC2(C)C(=CCC3C2CCC2(C)C(CCCCC(C)C)CCC32)C1. The van der Waals surface area contributed by atoms with Crippen molar-refractivity contribution in [1.29, 1.82) is 0 Å². The summed E-state index contributed by atoms with van der Waals surface area (Å²) in [5, 5.41) is 0. The minimum absolute atomic E-state index is 0.444. The van der Waals surface area contributed by atoms with E-state index in [0.717, 1.165) is 81.9 Å².